The molecule has 0 aliphatic heterocycles. The molecular weight excluding hydrogens is 494 g/mol. The van der Waals surface area contributed by atoms with Crippen molar-refractivity contribution in [1.82, 2.24) is 4.98 Å². The monoisotopic (exact) mass is 516 g/mol. The molecule has 0 spiro atoms. The van der Waals surface area contributed by atoms with Gasteiger partial charge in [0, 0.05) is 4.90 Å². The Labute approximate surface area is 209 Å². The van der Waals surface area contributed by atoms with Crippen molar-refractivity contribution in [2.45, 2.75) is 17.1 Å². The van der Waals surface area contributed by atoms with Gasteiger partial charge in [0.25, 0.3) is 5.76 Å². The number of aromatic nitrogens is 1. The van der Waals surface area contributed by atoms with Gasteiger partial charge in [-0.05, 0) is 54.1 Å². The topological polar surface area (TPSA) is 60.9 Å². The molecule has 0 bridgehead atoms. The predicted octanol–water partition coefficient (Wildman–Crippen LogP) is 6.54. The van der Waals surface area contributed by atoms with Crippen LogP contribution in [-0.2, 0) is 11.2 Å². The van der Waals surface area contributed by atoms with Crippen LogP contribution in [0.2, 0.25) is 0 Å². The standard InChI is InChI=1S/C25H22F2N2O4S2/c1-31-19-12-15(13-20(32-2)23(19)33-3)14-22(30)29(16-8-10-17(11-9-16)34-24(26)27)25-28-18-6-4-5-7-21(18)35-25/h4-13,24H,14H2,1-3H3. The summed E-state index contributed by atoms with van der Waals surface area (Å²) in [4.78, 5) is 20.2. The van der Waals surface area contributed by atoms with Crippen LogP contribution in [0.15, 0.2) is 65.6 Å². The summed E-state index contributed by atoms with van der Waals surface area (Å²) in [6, 6.07) is 17.5. The van der Waals surface area contributed by atoms with Crippen LogP contribution in [0.25, 0.3) is 10.2 Å². The van der Waals surface area contributed by atoms with Gasteiger partial charge in [-0.1, -0.05) is 35.2 Å². The summed E-state index contributed by atoms with van der Waals surface area (Å²) < 4.78 is 42.7. The second kappa shape index (κ2) is 10.9. The van der Waals surface area contributed by atoms with Crippen molar-refractivity contribution in [3.8, 4) is 17.2 Å². The van der Waals surface area contributed by atoms with Crippen LogP contribution in [0.5, 0.6) is 17.2 Å². The number of thiazole rings is 1. The number of benzene rings is 3. The van der Waals surface area contributed by atoms with Crippen molar-refractivity contribution in [2.24, 2.45) is 0 Å². The first-order valence-electron chi connectivity index (χ1n) is 10.5. The van der Waals surface area contributed by atoms with Gasteiger partial charge in [-0.3, -0.25) is 9.69 Å². The third-order valence-electron chi connectivity index (χ3n) is 5.12. The number of ether oxygens (including phenoxy) is 3. The fourth-order valence-electron chi connectivity index (χ4n) is 3.58. The number of nitrogens with zero attached hydrogens (tertiary/aromatic N) is 2. The molecule has 6 nitrogen and oxygen atoms in total. The van der Waals surface area contributed by atoms with Crippen molar-refractivity contribution in [2.75, 3.05) is 26.2 Å². The minimum Gasteiger partial charge on any atom is -0.493 e. The van der Waals surface area contributed by atoms with E-state index in [0.29, 0.717) is 50.3 Å². The van der Waals surface area contributed by atoms with E-state index in [-0.39, 0.29) is 12.3 Å². The smallest absolute Gasteiger partial charge is 0.288 e. The van der Waals surface area contributed by atoms with Crippen LogP contribution in [0.4, 0.5) is 19.6 Å². The number of anilines is 2. The molecule has 0 radical (unpaired) electrons. The van der Waals surface area contributed by atoms with Crippen LogP contribution < -0.4 is 19.1 Å². The number of para-hydroxylation sites is 1. The normalized spacial score (nSPS) is 11.0. The van der Waals surface area contributed by atoms with Gasteiger partial charge in [-0.25, -0.2) is 4.98 Å². The number of fused-ring (bicyclic) bond motifs is 1. The number of rotatable bonds is 9. The molecular formula is C25H22F2N2O4S2. The van der Waals surface area contributed by atoms with Crippen LogP contribution >= 0.6 is 23.1 Å². The fourth-order valence-corrected chi connectivity index (χ4v) is 5.09. The lowest BCUT2D eigenvalue weighted by molar-refractivity contribution is -0.117. The Morgan fingerprint density at radius 2 is 1.66 bits per heavy atom. The van der Waals surface area contributed by atoms with Crippen molar-refractivity contribution in [3.63, 3.8) is 0 Å². The zero-order chi connectivity index (χ0) is 24.9. The molecule has 0 atom stereocenters. The molecule has 4 aromatic rings. The number of hydrogen-bond acceptors (Lipinski definition) is 7. The first kappa shape index (κ1) is 24.7. The van der Waals surface area contributed by atoms with Gasteiger partial charge >= 0.3 is 0 Å². The Hall–Kier alpha value is -3.37. The van der Waals surface area contributed by atoms with Crippen LogP contribution in [-0.4, -0.2) is 38.0 Å². The zero-order valence-corrected chi connectivity index (χ0v) is 20.8. The quantitative estimate of drug-likeness (QED) is 0.235. The maximum Gasteiger partial charge on any atom is 0.288 e. The Morgan fingerprint density at radius 3 is 2.23 bits per heavy atom. The molecule has 0 saturated heterocycles. The largest absolute Gasteiger partial charge is 0.493 e. The van der Waals surface area contributed by atoms with Crippen molar-refractivity contribution in [3.05, 3.63) is 66.2 Å². The van der Waals surface area contributed by atoms with Crippen molar-refractivity contribution >= 4 is 50.0 Å². The fraction of sp³-hybridized carbons (Fsp3) is 0.200. The van der Waals surface area contributed by atoms with E-state index in [0.717, 1.165) is 10.2 Å². The Morgan fingerprint density at radius 1 is 1.00 bits per heavy atom. The summed E-state index contributed by atoms with van der Waals surface area (Å²) >= 11 is 1.83. The molecule has 0 aliphatic rings. The number of amides is 1. The van der Waals surface area contributed by atoms with E-state index in [1.54, 1.807) is 36.4 Å². The Kier molecular flexibility index (Phi) is 7.72. The van der Waals surface area contributed by atoms with E-state index in [2.05, 4.69) is 4.98 Å². The highest BCUT2D eigenvalue weighted by Crippen LogP contribution is 2.39. The van der Waals surface area contributed by atoms with Gasteiger partial charge in [0.2, 0.25) is 11.7 Å². The molecule has 1 amide bonds. The summed E-state index contributed by atoms with van der Waals surface area (Å²) in [5, 5.41) is 0.484. The molecule has 0 N–H and O–H groups in total. The van der Waals surface area contributed by atoms with Gasteiger partial charge in [-0.2, -0.15) is 8.78 Å². The molecule has 35 heavy (non-hydrogen) atoms. The minimum absolute atomic E-state index is 0.0141. The number of halogens is 2. The minimum atomic E-state index is -2.53. The van der Waals surface area contributed by atoms with E-state index >= 15 is 0 Å². The van der Waals surface area contributed by atoms with Gasteiger partial charge in [0.15, 0.2) is 16.6 Å². The van der Waals surface area contributed by atoms with Gasteiger partial charge in [0.1, 0.15) is 0 Å². The van der Waals surface area contributed by atoms with Gasteiger partial charge < -0.3 is 14.2 Å². The average Bonchev–Trinajstić information content (AvgIpc) is 3.27. The molecule has 0 aliphatic carbocycles. The zero-order valence-electron chi connectivity index (χ0n) is 19.2. The molecule has 0 fully saturated rings. The number of methoxy groups -OCH3 is 3. The predicted molar refractivity (Wildman–Crippen MR) is 135 cm³/mol. The third kappa shape index (κ3) is 5.49. The van der Waals surface area contributed by atoms with E-state index in [4.69, 9.17) is 14.2 Å². The van der Waals surface area contributed by atoms with Crippen molar-refractivity contribution < 1.29 is 27.8 Å². The van der Waals surface area contributed by atoms with E-state index in [1.165, 1.54) is 37.6 Å². The highest BCUT2D eigenvalue weighted by Gasteiger charge is 2.24. The molecule has 182 valence electrons. The SMILES string of the molecule is COc1cc(CC(=O)N(c2ccc(SC(F)F)cc2)c2nc3ccccc3s2)cc(OC)c1OC. The number of alkyl halides is 2. The highest BCUT2D eigenvalue weighted by molar-refractivity contribution is 7.99. The average molecular weight is 517 g/mol. The van der Waals surface area contributed by atoms with Crippen LogP contribution in [0, 0.1) is 0 Å². The summed E-state index contributed by atoms with van der Waals surface area (Å²) in [7, 11) is 4.53. The first-order valence-corrected chi connectivity index (χ1v) is 12.2. The maximum atomic E-state index is 13.7. The van der Waals surface area contributed by atoms with E-state index < -0.39 is 5.76 Å². The van der Waals surface area contributed by atoms with Crippen LogP contribution in [0.3, 0.4) is 0 Å². The third-order valence-corrected chi connectivity index (χ3v) is 6.87. The lowest BCUT2D eigenvalue weighted by Crippen LogP contribution is -2.27. The van der Waals surface area contributed by atoms with E-state index in [1.807, 2.05) is 24.3 Å². The molecule has 1 aromatic heterocycles. The number of thioether (sulfide) groups is 1. The molecule has 4 rings (SSSR count). The van der Waals surface area contributed by atoms with Crippen LogP contribution in [0.1, 0.15) is 5.56 Å². The molecule has 1 heterocycles. The lowest BCUT2D eigenvalue weighted by atomic mass is 10.1. The molecule has 3 aromatic carbocycles. The Balaban J connectivity index is 1.73. The van der Waals surface area contributed by atoms with Gasteiger partial charge in [0.05, 0.1) is 43.7 Å². The Bertz CT molecular complexity index is 1270. The lowest BCUT2D eigenvalue weighted by Gasteiger charge is -2.21. The number of carbonyl (C=O) groups excluding carboxylic acids is 1. The second-order valence-corrected chi connectivity index (χ2v) is 9.35. The first-order chi connectivity index (χ1) is 16.9. The highest BCUT2D eigenvalue weighted by atomic mass is 32.2. The van der Waals surface area contributed by atoms with E-state index in [9.17, 15) is 13.6 Å². The summed E-state index contributed by atoms with van der Waals surface area (Å²) in [6.45, 7) is 0. The molecule has 0 unspecified atom stereocenters. The summed E-state index contributed by atoms with van der Waals surface area (Å²) in [6.07, 6.45) is 0.0141. The molecule has 0 saturated carbocycles. The summed E-state index contributed by atoms with van der Waals surface area (Å²) in [5.74, 6) is -1.47. The van der Waals surface area contributed by atoms with Gasteiger partial charge in [-0.15, -0.1) is 0 Å². The number of carbonyl (C=O) groups is 1. The van der Waals surface area contributed by atoms with Crippen molar-refractivity contribution in [1.29, 1.82) is 0 Å². The summed E-state index contributed by atoms with van der Waals surface area (Å²) in [5.41, 5.74) is 1.95. The molecule has 10 heteroatoms. The second-order valence-electron chi connectivity index (χ2n) is 7.28. The maximum absolute atomic E-state index is 13.7. The number of hydrogen-bond donors (Lipinski definition) is 0.